The van der Waals surface area contributed by atoms with Crippen LogP contribution in [0.2, 0.25) is 5.02 Å². The molecule has 3 nitrogen and oxygen atoms in total. The molecule has 1 aliphatic heterocycles. The van der Waals surface area contributed by atoms with E-state index in [4.69, 9.17) is 11.6 Å². The molecule has 0 fully saturated rings. The van der Waals surface area contributed by atoms with E-state index in [0.29, 0.717) is 21.0 Å². The van der Waals surface area contributed by atoms with Gasteiger partial charge in [-0.2, -0.15) is 0 Å². The van der Waals surface area contributed by atoms with Gasteiger partial charge in [-0.15, -0.1) is 0 Å². The lowest BCUT2D eigenvalue weighted by Crippen LogP contribution is -2.38. The summed E-state index contributed by atoms with van der Waals surface area (Å²) >= 11 is 9.71. The highest BCUT2D eigenvalue weighted by molar-refractivity contribution is 9.10. The third kappa shape index (κ3) is 4.13. The van der Waals surface area contributed by atoms with Crippen molar-refractivity contribution in [2.45, 2.75) is 19.4 Å². The molecule has 1 aliphatic rings. The molecule has 0 bridgehead atoms. The number of rotatable bonds is 4. The van der Waals surface area contributed by atoms with Crippen LogP contribution in [0.25, 0.3) is 0 Å². The smallest absolute Gasteiger partial charge is 0.254 e. The molecule has 0 aromatic heterocycles. The number of nitrogens with zero attached hydrogens (tertiary/aromatic N) is 1. The Hall–Kier alpha value is -1.78. The molecule has 5 heteroatoms. The van der Waals surface area contributed by atoms with Crippen molar-refractivity contribution < 1.29 is 4.79 Å². The maximum absolute atomic E-state index is 13.0. The van der Waals surface area contributed by atoms with Gasteiger partial charge >= 0.3 is 0 Å². The van der Waals surface area contributed by atoms with Crippen LogP contribution in [-0.2, 0) is 0 Å². The molecule has 2 unspecified atom stereocenters. The summed E-state index contributed by atoms with van der Waals surface area (Å²) in [5.41, 5.74) is 2.63. The Morgan fingerprint density at radius 3 is 2.62 bits per heavy atom. The quantitative estimate of drug-likeness (QED) is 0.697. The van der Waals surface area contributed by atoms with Crippen molar-refractivity contribution in [2.24, 2.45) is 5.92 Å². The molecule has 1 N–H and O–H groups in total. The zero-order chi connectivity index (χ0) is 18.7. The molecule has 0 saturated heterocycles. The van der Waals surface area contributed by atoms with Crippen LogP contribution in [0.5, 0.6) is 0 Å². The number of carbonyl (C=O) groups is 1. The van der Waals surface area contributed by atoms with Crippen LogP contribution in [-0.4, -0.2) is 24.4 Å². The molecule has 136 valence electrons. The normalized spacial score (nSPS) is 18.2. The number of likely N-dealkylation sites (N-methyl/N-ethyl adjacent to an activating group) is 1. The first-order valence-electron chi connectivity index (χ1n) is 8.68. The van der Waals surface area contributed by atoms with Crippen LogP contribution in [0.4, 0.5) is 0 Å². The van der Waals surface area contributed by atoms with E-state index in [1.54, 1.807) is 6.07 Å². The molecule has 0 radical (unpaired) electrons. The van der Waals surface area contributed by atoms with Gasteiger partial charge in [0.1, 0.15) is 0 Å². The lowest BCUT2D eigenvalue weighted by Gasteiger charge is -2.35. The monoisotopic (exact) mass is 432 g/mol. The minimum absolute atomic E-state index is 0.191. The molecule has 1 amide bonds. The van der Waals surface area contributed by atoms with E-state index < -0.39 is 0 Å². The Balaban J connectivity index is 1.96. The molecular formula is C21H22BrClN2O. The van der Waals surface area contributed by atoms with E-state index in [1.165, 1.54) is 0 Å². The molecule has 2 aromatic rings. The Morgan fingerprint density at radius 1 is 1.23 bits per heavy atom. The van der Waals surface area contributed by atoms with Crippen molar-refractivity contribution in [3.05, 3.63) is 80.9 Å². The van der Waals surface area contributed by atoms with Gasteiger partial charge in [0, 0.05) is 23.8 Å². The number of amides is 1. The van der Waals surface area contributed by atoms with Crippen molar-refractivity contribution in [1.29, 1.82) is 0 Å². The Morgan fingerprint density at radius 2 is 1.96 bits per heavy atom. The zero-order valence-electron chi connectivity index (χ0n) is 14.9. The third-order valence-corrected chi connectivity index (χ3v) is 5.63. The van der Waals surface area contributed by atoms with E-state index in [0.717, 1.165) is 24.2 Å². The molecule has 0 aliphatic carbocycles. The highest BCUT2D eigenvalue weighted by Gasteiger charge is 2.27. The number of nitrogens with one attached hydrogen (secondary N) is 1. The number of halogens is 2. The number of allylic oxidation sites excluding steroid dienone is 1. The van der Waals surface area contributed by atoms with Gasteiger partial charge in [0.15, 0.2) is 0 Å². The molecule has 0 saturated carbocycles. The average molecular weight is 434 g/mol. The van der Waals surface area contributed by atoms with E-state index in [1.807, 2.05) is 42.5 Å². The maximum Gasteiger partial charge on any atom is 0.254 e. The Labute approximate surface area is 168 Å². The predicted molar refractivity (Wildman–Crippen MR) is 110 cm³/mol. The number of carbonyl (C=O) groups excluding carboxylic acids is 1. The van der Waals surface area contributed by atoms with E-state index in [9.17, 15) is 4.79 Å². The second-order valence-corrected chi connectivity index (χ2v) is 8.03. The first-order valence-corrected chi connectivity index (χ1v) is 9.85. The van der Waals surface area contributed by atoms with Gasteiger partial charge < -0.3 is 10.2 Å². The summed E-state index contributed by atoms with van der Waals surface area (Å²) in [6.45, 7) is 3.21. The first-order chi connectivity index (χ1) is 12.5. The van der Waals surface area contributed by atoms with E-state index in [-0.39, 0.29) is 11.9 Å². The summed E-state index contributed by atoms with van der Waals surface area (Å²) in [6, 6.07) is 15.2. The summed E-state index contributed by atoms with van der Waals surface area (Å²) in [7, 11) is 2.08. The Kier molecular flexibility index (Phi) is 6.05. The maximum atomic E-state index is 13.0. The number of benzene rings is 2. The molecule has 26 heavy (non-hydrogen) atoms. The fourth-order valence-electron chi connectivity index (χ4n) is 3.35. The van der Waals surface area contributed by atoms with Gasteiger partial charge in [-0.25, -0.2) is 0 Å². The average Bonchev–Trinajstić information content (AvgIpc) is 2.61. The molecule has 2 atom stereocenters. The number of hydrogen-bond donors (Lipinski definition) is 1. The minimum Gasteiger partial charge on any atom is -0.376 e. The molecular weight excluding hydrogens is 412 g/mol. The summed E-state index contributed by atoms with van der Waals surface area (Å²) in [4.78, 5) is 15.2. The van der Waals surface area contributed by atoms with Gasteiger partial charge in [-0.3, -0.25) is 4.79 Å². The van der Waals surface area contributed by atoms with Crippen LogP contribution in [0, 0.1) is 5.92 Å². The fourth-order valence-corrected chi connectivity index (χ4v) is 4.28. The Bertz CT molecular complexity index is 802. The molecule has 3 rings (SSSR count). The van der Waals surface area contributed by atoms with Crippen molar-refractivity contribution in [1.82, 2.24) is 10.2 Å². The summed E-state index contributed by atoms with van der Waals surface area (Å²) in [5.74, 6) is 0.415. The second-order valence-electron chi connectivity index (χ2n) is 6.76. The lowest BCUT2D eigenvalue weighted by molar-refractivity contribution is 0.0935. The van der Waals surface area contributed by atoms with E-state index >= 15 is 0 Å². The predicted octanol–water partition coefficient (Wildman–Crippen LogP) is 5.43. The van der Waals surface area contributed by atoms with Gasteiger partial charge in [-0.05, 0) is 46.0 Å². The van der Waals surface area contributed by atoms with Gasteiger partial charge in [0.25, 0.3) is 5.91 Å². The van der Waals surface area contributed by atoms with Crippen molar-refractivity contribution >= 4 is 33.4 Å². The minimum atomic E-state index is -0.218. The van der Waals surface area contributed by atoms with Gasteiger partial charge in [0.2, 0.25) is 0 Å². The molecule has 0 spiro atoms. The van der Waals surface area contributed by atoms with Crippen molar-refractivity contribution in [3.63, 3.8) is 0 Å². The molecule has 2 aromatic carbocycles. The van der Waals surface area contributed by atoms with Crippen molar-refractivity contribution in [3.8, 4) is 0 Å². The molecule has 1 heterocycles. The summed E-state index contributed by atoms with van der Waals surface area (Å²) in [5, 5.41) is 3.62. The lowest BCUT2D eigenvalue weighted by atomic mass is 9.95. The van der Waals surface area contributed by atoms with Crippen molar-refractivity contribution in [2.75, 3.05) is 13.6 Å². The largest absolute Gasteiger partial charge is 0.376 e. The summed E-state index contributed by atoms with van der Waals surface area (Å²) < 4.78 is 0.689. The topological polar surface area (TPSA) is 32.3 Å². The van der Waals surface area contributed by atoms with E-state index in [2.05, 4.69) is 46.2 Å². The first kappa shape index (κ1) is 19.0. The van der Waals surface area contributed by atoms with Crippen LogP contribution in [0.3, 0.4) is 0 Å². The second kappa shape index (κ2) is 8.28. The van der Waals surface area contributed by atoms with Crippen LogP contribution >= 0.6 is 27.5 Å². The van der Waals surface area contributed by atoms with Gasteiger partial charge in [0.05, 0.1) is 16.6 Å². The zero-order valence-corrected chi connectivity index (χ0v) is 17.2. The standard InChI is InChI=1S/C21H22BrClN2O/c1-14-11-12-18(25(2)13-14)20(15-7-4-3-5-8-15)24-21(26)19-16(22)9-6-10-17(19)23/h3-10,12,14,20H,11,13H2,1-2H3,(H,24,26). The number of hydrogen-bond acceptors (Lipinski definition) is 2. The fraction of sp³-hybridized carbons (Fsp3) is 0.286. The van der Waals surface area contributed by atoms with Crippen LogP contribution < -0.4 is 5.32 Å². The van der Waals surface area contributed by atoms with Gasteiger partial charge in [-0.1, -0.05) is 61.0 Å². The highest BCUT2D eigenvalue weighted by atomic mass is 79.9. The SMILES string of the molecule is CC1CC=C(C(NC(=O)c2c(Cl)cccc2Br)c2ccccc2)N(C)C1. The highest BCUT2D eigenvalue weighted by Crippen LogP contribution is 2.31. The van der Waals surface area contributed by atoms with Crippen LogP contribution in [0.1, 0.15) is 35.3 Å². The summed E-state index contributed by atoms with van der Waals surface area (Å²) in [6.07, 6.45) is 3.24. The van der Waals surface area contributed by atoms with Crippen LogP contribution in [0.15, 0.2) is 64.8 Å². The third-order valence-electron chi connectivity index (χ3n) is 4.65.